The molecule has 108 valence electrons. The Morgan fingerprint density at radius 3 is 2.45 bits per heavy atom. The normalized spacial score (nSPS) is 14.0. The Labute approximate surface area is 122 Å². The van der Waals surface area contributed by atoms with Gasteiger partial charge in [0, 0.05) is 0 Å². The molecule has 0 bridgehead atoms. The fourth-order valence-electron chi connectivity index (χ4n) is 2.20. The van der Waals surface area contributed by atoms with Crippen molar-refractivity contribution in [2.24, 2.45) is 0 Å². The fourth-order valence-corrected chi connectivity index (χ4v) is 4.01. The first-order chi connectivity index (χ1) is 9.46. The minimum absolute atomic E-state index is 0.0939. The van der Waals surface area contributed by atoms with Crippen molar-refractivity contribution < 1.29 is 9.53 Å². The number of benzene rings is 2. The Morgan fingerprint density at radius 1 is 1.15 bits per heavy atom. The third-order valence-electron chi connectivity index (χ3n) is 3.83. The van der Waals surface area contributed by atoms with Gasteiger partial charge in [-0.15, -0.1) is 0 Å². The SMILES string of the molecule is CCOC(=O)[C@@H](C)S(C)(C)c1ccc2ccccc2c1. The predicted molar refractivity (Wildman–Crippen MR) is 87.7 cm³/mol. The molecule has 2 nitrogen and oxygen atoms in total. The number of fused-ring (bicyclic) bond motifs is 1. The average molecular weight is 290 g/mol. The summed E-state index contributed by atoms with van der Waals surface area (Å²) < 4.78 is 5.18. The molecule has 2 aromatic rings. The van der Waals surface area contributed by atoms with E-state index in [0.717, 1.165) is 0 Å². The van der Waals surface area contributed by atoms with Crippen molar-refractivity contribution in [3.63, 3.8) is 0 Å². The highest BCUT2D eigenvalue weighted by atomic mass is 32.3. The molecule has 0 aliphatic heterocycles. The van der Waals surface area contributed by atoms with Crippen LogP contribution < -0.4 is 0 Å². The number of rotatable bonds is 4. The number of hydrogen-bond donors (Lipinski definition) is 0. The molecule has 0 aromatic heterocycles. The highest BCUT2D eigenvalue weighted by Crippen LogP contribution is 2.54. The molecule has 20 heavy (non-hydrogen) atoms. The molecule has 2 aromatic carbocycles. The molecule has 1 atom stereocenters. The van der Waals surface area contributed by atoms with Crippen LogP contribution in [0.25, 0.3) is 10.8 Å². The summed E-state index contributed by atoms with van der Waals surface area (Å²) >= 11 is 0. The molecule has 0 unspecified atom stereocenters. The van der Waals surface area contributed by atoms with Gasteiger partial charge < -0.3 is 4.74 Å². The van der Waals surface area contributed by atoms with Gasteiger partial charge in [-0.1, -0.05) is 30.3 Å². The molecule has 0 spiro atoms. The summed E-state index contributed by atoms with van der Waals surface area (Å²) in [5.41, 5.74) is 0. The Kier molecular flexibility index (Phi) is 4.39. The van der Waals surface area contributed by atoms with E-state index in [-0.39, 0.29) is 11.2 Å². The predicted octanol–water partition coefficient (Wildman–Crippen LogP) is 4.21. The minimum atomic E-state index is -1.23. The van der Waals surface area contributed by atoms with Gasteiger partial charge in [0.25, 0.3) is 0 Å². The lowest BCUT2D eigenvalue weighted by Crippen LogP contribution is -2.25. The van der Waals surface area contributed by atoms with Gasteiger partial charge in [-0.2, -0.15) is 0 Å². The van der Waals surface area contributed by atoms with Gasteiger partial charge in [-0.25, -0.2) is 10.0 Å². The number of carbonyl (C=O) groups is 1. The van der Waals surface area contributed by atoms with Gasteiger partial charge >= 0.3 is 5.97 Å². The van der Waals surface area contributed by atoms with Crippen molar-refractivity contribution in [3.05, 3.63) is 42.5 Å². The highest BCUT2D eigenvalue weighted by molar-refractivity contribution is 8.33. The average Bonchev–Trinajstić information content (AvgIpc) is 2.46. The number of carbonyl (C=O) groups excluding carboxylic acids is 1. The summed E-state index contributed by atoms with van der Waals surface area (Å²) in [5, 5.41) is 2.36. The summed E-state index contributed by atoms with van der Waals surface area (Å²) in [6.07, 6.45) is 4.36. The first kappa shape index (κ1) is 14.9. The summed E-state index contributed by atoms with van der Waals surface area (Å²) in [5.74, 6) is -0.0966. The molecule has 0 radical (unpaired) electrons. The first-order valence-electron chi connectivity index (χ1n) is 6.84. The van der Waals surface area contributed by atoms with Gasteiger partial charge in [-0.05, 0) is 54.2 Å². The van der Waals surface area contributed by atoms with E-state index in [0.29, 0.717) is 6.61 Å². The molecule has 3 heteroatoms. The van der Waals surface area contributed by atoms with Crippen LogP contribution >= 0.6 is 10.0 Å². The number of esters is 1. The van der Waals surface area contributed by atoms with Crippen LogP contribution in [0.15, 0.2) is 47.4 Å². The Balaban J connectivity index is 2.37. The van der Waals surface area contributed by atoms with Crippen molar-refractivity contribution in [3.8, 4) is 0 Å². The second kappa shape index (κ2) is 5.88. The zero-order valence-corrected chi connectivity index (χ0v) is 13.4. The lowest BCUT2D eigenvalue weighted by atomic mass is 10.1. The zero-order valence-electron chi connectivity index (χ0n) is 12.6. The van der Waals surface area contributed by atoms with Crippen LogP contribution in [0.1, 0.15) is 13.8 Å². The number of ether oxygens (including phenoxy) is 1. The molecule has 0 fully saturated rings. The summed E-state index contributed by atoms with van der Waals surface area (Å²) in [7, 11) is -1.23. The quantitative estimate of drug-likeness (QED) is 0.788. The third-order valence-corrected chi connectivity index (χ3v) is 7.26. The maximum absolute atomic E-state index is 12.0. The third kappa shape index (κ3) is 2.83. The molecule has 0 amide bonds. The second-order valence-electron chi connectivity index (χ2n) is 5.31. The van der Waals surface area contributed by atoms with Gasteiger partial charge in [0.1, 0.15) is 0 Å². The van der Waals surface area contributed by atoms with E-state index < -0.39 is 10.0 Å². The van der Waals surface area contributed by atoms with Crippen LogP contribution in [0.5, 0.6) is 0 Å². The van der Waals surface area contributed by atoms with E-state index >= 15 is 0 Å². The van der Waals surface area contributed by atoms with Crippen LogP contribution in [0.4, 0.5) is 0 Å². The van der Waals surface area contributed by atoms with Crippen molar-refractivity contribution in [2.75, 3.05) is 19.1 Å². The molecule has 2 rings (SSSR count). The molecule has 0 aliphatic rings. The highest BCUT2D eigenvalue weighted by Gasteiger charge is 2.29. The Morgan fingerprint density at radius 2 is 1.80 bits per heavy atom. The van der Waals surface area contributed by atoms with E-state index in [1.54, 1.807) is 0 Å². The largest absolute Gasteiger partial charge is 0.465 e. The van der Waals surface area contributed by atoms with Gasteiger partial charge in [0.05, 0.1) is 11.9 Å². The van der Waals surface area contributed by atoms with Gasteiger partial charge in [-0.3, -0.25) is 4.79 Å². The molecule has 0 saturated carbocycles. The smallest absolute Gasteiger partial charge is 0.317 e. The van der Waals surface area contributed by atoms with Crippen LogP contribution in [0, 0.1) is 0 Å². The lowest BCUT2D eigenvalue weighted by molar-refractivity contribution is -0.142. The summed E-state index contributed by atoms with van der Waals surface area (Å²) in [4.78, 5) is 13.3. The van der Waals surface area contributed by atoms with Crippen molar-refractivity contribution in [1.82, 2.24) is 0 Å². The van der Waals surface area contributed by atoms with E-state index in [1.807, 2.05) is 26.0 Å². The standard InChI is InChI=1S/C17H22O2S/c1-5-19-17(18)13(2)20(3,4)16-11-10-14-8-6-7-9-15(14)12-16/h6-13H,5H2,1-4H3/t13-/m1/s1. The van der Waals surface area contributed by atoms with Crippen LogP contribution in [0.2, 0.25) is 0 Å². The second-order valence-corrected chi connectivity index (χ2v) is 9.30. The fraction of sp³-hybridized carbons (Fsp3) is 0.353. The van der Waals surface area contributed by atoms with Crippen LogP contribution in [-0.4, -0.2) is 30.3 Å². The van der Waals surface area contributed by atoms with Crippen molar-refractivity contribution in [2.45, 2.75) is 24.0 Å². The molecular weight excluding hydrogens is 268 g/mol. The van der Waals surface area contributed by atoms with Crippen LogP contribution in [-0.2, 0) is 9.53 Å². The van der Waals surface area contributed by atoms with E-state index in [1.165, 1.54) is 15.7 Å². The molecular formula is C17H22O2S. The Hall–Kier alpha value is -1.48. The molecule has 0 saturated heterocycles. The van der Waals surface area contributed by atoms with E-state index in [9.17, 15) is 4.79 Å². The van der Waals surface area contributed by atoms with E-state index in [2.05, 4.69) is 42.8 Å². The number of hydrogen-bond acceptors (Lipinski definition) is 2. The first-order valence-corrected chi connectivity index (χ1v) is 9.35. The lowest BCUT2D eigenvalue weighted by Gasteiger charge is -2.36. The molecule has 0 aliphatic carbocycles. The topological polar surface area (TPSA) is 26.3 Å². The van der Waals surface area contributed by atoms with E-state index in [4.69, 9.17) is 4.74 Å². The monoisotopic (exact) mass is 290 g/mol. The zero-order chi connectivity index (χ0) is 14.8. The van der Waals surface area contributed by atoms with Crippen molar-refractivity contribution in [1.29, 1.82) is 0 Å². The summed E-state index contributed by atoms with van der Waals surface area (Å²) in [6, 6.07) is 14.8. The minimum Gasteiger partial charge on any atom is -0.465 e. The van der Waals surface area contributed by atoms with Gasteiger partial charge in [0.2, 0.25) is 0 Å². The maximum atomic E-state index is 12.0. The Bertz CT molecular complexity index is 619. The summed E-state index contributed by atoms with van der Waals surface area (Å²) in [6.45, 7) is 4.27. The molecule has 0 N–H and O–H groups in total. The maximum Gasteiger partial charge on any atom is 0.317 e. The van der Waals surface area contributed by atoms with Crippen LogP contribution in [0.3, 0.4) is 0 Å². The van der Waals surface area contributed by atoms with Crippen molar-refractivity contribution >= 4 is 26.8 Å². The van der Waals surface area contributed by atoms with Gasteiger partial charge in [0.15, 0.2) is 0 Å². The molecule has 0 heterocycles.